The fraction of sp³-hybridized carbons (Fsp3) is 0.333. The Morgan fingerprint density at radius 1 is 1.30 bits per heavy atom. The summed E-state index contributed by atoms with van der Waals surface area (Å²) in [6, 6.07) is 6.52. The lowest BCUT2D eigenvalue weighted by Gasteiger charge is -2.22. The van der Waals surface area contributed by atoms with Gasteiger partial charge in [0, 0.05) is 21.6 Å². The van der Waals surface area contributed by atoms with Crippen molar-refractivity contribution >= 4 is 15.9 Å². The molecule has 0 saturated heterocycles. The molecule has 20 heavy (non-hydrogen) atoms. The number of aromatic nitrogens is 2. The summed E-state index contributed by atoms with van der Waals surface area (Å²) in [4.78, 5) is 8.81. The van der Waals surface area contributed by atoms with Gasteiger partial charge >= 0.3 is 0 Å². The molecule has 0 unspecified atom stereocenters. The molecule has 3 nitrogen and oxygen atoms in total. The van der Waals surface area contributed by atoms with Gasteiger partial charge in [-0.05, 0) is 37.2 Å². The first-order chi connectivity index (χ1) is 9.44. The lowest BCUT2D eigenvalue weighted by Crippen LogP contribution is -2.24. The van der Waals surface area contributed by atoms with Crippen molar-refractivity contribution in [2.45, 2.75) is 25.7 Å². The maximum Gasteiger partial charge on any atom is 0.134 e. The number of nitrogens with two attached hydrogens (primary N) is 1. The van der Waals surface area contributed by atoms with Gasteiger partial charge in [0.05, 0.1) is 5.69 Å². The van der Waals surface area contributed by atoms with Gasteiger partial charge in [-0.25, -0.2) is 14.4 Å². The highest BCUT2D eigenvalue weighted by molar-refractivity contribution is 9.10. The summed E-state index contributed by atoms with van der Waals surface area (Å²) in [7, 11) is 0. The van der Waals surface area contributed by atoms with Gasteiger partial charge in [0.15, 0.2) is 0 Å². The van der Waals surface area contributed by atoms with Gasteiger partial charge in [-0.2, -0.15) is 0 Å². The molecule has 0 amide bonds. The number of hydrogen-bond acceptors (Lipinski definition) is 3. The average Bonchev–Trinajstić information content (AvgIpc) is 2.42. The molecule has 0 fully saturated rings. The van der Waals surface area contributed by atoms with Crippen molar-refractivity contribution in [3.63, 3.8) is 0 Å². The fourth-order valence-electron chi connectivity index (χ4n) is 2.00. The van der Waals surface area contributed by atoms with Crippen LogP contribution < -0.4 is 5.73 Å². The van der Waals surface area contributed by atoms with Crippen molar-refractivity contribution in [2.24, 2.45) is 5.73 Å². The molecular weight excluding hydrogens is 321 g/mol. The molecule has 0 spiro atoms. The minimum atomic E-state index is -0.297. The number of nitrogens with zero attached hydrogens (tertiary/aromatic N) is 2. The van der Waals surface area contributed by atoms with E-state index < -0.39 is 0 Å². The van der Waals surface area contributed by atoms with E-state index in [1.165, 1.54) is 6.07 Å². The highest BCUT2D eigenvalue weighted by Crippen LogP contribution is 2.28. The van der Waals surface area contributed by atoms with Crippen LogP contribution in [-0.4, -0.2) is 16.5 Å². The maximum atomic E-state index is 13.9. The van der Waals surface area contributed by atoms with Crippen molar-refractivity contribution < 1.29 is 4.39 Å². The molecule has 0 bridgehead atoms. The van der Waals surface area contributed by atoms with E-state index in [4.69, 9.17) is 5.73 Å². The number of halogens is 2. The molecule has 0 saturated carbocycles. The highest BCUT2D eigenvalue weighted by atomic mass is 79.9. The van der Waals surface area contributed by atoms with Crippen molar-refractivity contribution in [1.82, 2.24) is 9.97 Å². The van der Waals surface area contributed by atoms with Crippen molar-refractivity contribution in [1.29, 1.82) is 0 Å². The van der Waals surface area contributed by atoms with Crippen LogP contribution in [0.25, 0.3) is 11.3 Å². The second kappa shape index (κ2) is 5.97. The number of benzene rings is 1. The molecule has 0 aliphatic heterocycles. The van der Waals surface area contributed by atoms with Crippen LogP contribution in [0.5, 0.6) is 0 Å². The third kappa shape index (κ3) is 3.22. The summed E-state index contributed by atoms with van der Waals surface area (Å²) in [5, 5.41) is 0. The van der Waals surface area contributed by atoms with Gasteiger partial charge < -0.3 is 5.73 Å². The molecule has 0 aliphatic rings. The smallest absolute Gasteiger partial charge is 0.134 e. The monoisotopic (exact) mass is 337 g/mol. The molecule has 2 N–H and O–H groups in total. The van der Waals surface area contributed by atoms with Gasteiger partial charge in [-0.1, -0.05) is 29.8 Å². The van der Waals surface area contributed by atoms with E-state index in [0.29, 0.717) is 23.6 Å². The van der Waals surface area contributed by atoms with Gasteiger partial charge in [0.25, 0.3) is 0 Å². The Balaban J connectivity index is 2.47. The third-order valence-electron chi connectivity index (χ3n) is 3.23. The molecule has 1 aromatic heterocycles. The van der Waals surface area contributed by atoms with Crippen LogP contribution >= 0.6 is 15.9 Å². The molecular formula is C15H17BrFN3. The number of hydrogen-bond donors (Lipinski definition) is 1. The quantitative estimate of drug-likeness (QED) is 0.925. The topological polar surface area (TPSA) is 51.8 Å². The summed E-state index contributed by atoms with van der Waals surface area (Å²) in [5.74, 6) is 0.384. The van der Waals surface area contributed by atoms with E-state index in [9.17, 15) is 4.39 Å². The third-order valence-corrected chi connectivity index (χ3v) is 3.73. The van der Waals surface area contributed by atoms with Crippen molar-refractivity contribution in [3.8, 4) is 11.3 Å². The Morgan fingerprint density at radius 3 is 2.75 bits per heavy atom. The fourth-order valence-corrected chi connectivity index (χ4v) is 2.36. The maximum absolute atomic E-state index is 13.9. The van der Waals surface area contributed by atoms with Gasteiger partial charge in [-0.3, -0.25) is 0 Å². The SMILES string of the molecule is CC(C)(CCN)c1nccc(-c2cc(Br)ccc2F)n1. The molecule has 2 aromatic rings. The first-order valence-corrected chi connectivity index (χ1v) is 7.22. The second-order valence-electron chi connectivity index (χ2n) is 5.31. The van der Waals surface area contributed by atoms with Crippen LogP contribution in [0.3, 0.4) is 0 Å². The summed E-state index contributed by atoms with van der Waals surface area (Å²) < 4.78 is 14.7. The normalized spacial score (nSPS) is 11.7. The average molecular weight is 338 g/mol. The van der Waals surface area contributed by atoms with E-state index in [-0.39, 0.29) is 11.2 Å². The first kappa shape index (κ1) is 15.1. The lowest BCUT2D eigenvalue weighted by atomic mass is 9.88. The van der Waals surface area contributed by atoms with Gasteiger partial charge in [0.2, 0.25) is 0 Å². The molecule has 106 valence electrons. The molecule has 5 heteroatoms. The Labute approximate surface area is 126 Å². The Bertz CT molecular complexity index is 614. The van der Waals surface area contributed by atoms with E-state index in [2.05, 4.69) is 25.9 Å². The van der Waals surface area contributed by atoms with Crippen LogP contribution in [0.15, 0.2) is 34.9 Å². The van der Waals surface area contributed by atoms with E-state index in [1.807, 2.05) is 13.8 Å². The van der Waals surface area contributed by atoms with Crippen molar-refractivity contribution in [3.05, 3.63) is 46.6 Å². The first-order valence-electron chi connectivity index (χ1n) is 6.43. The van der Waals surface area contributed by atoms with E-state index in [1.54, 1.807) is 24.4 Å². The van der Waals surface area contributed by atoms with Gasteiger partial charge in [-0.15, -0.1) is 0 Å². The zero-order valence-corrected chi connectivity index (χ0v) is 13.1. The van der Waals surface area contributed by atoms with Crippen LogP contribution in [0.2, 0.25) is 0 Å². The van der Waals surface area contributed by atoms with Gasteiger partial charge in [0.1, 0.15) is 11.6 Å². The molecule has 2 rings (SSSR count). The lowest BCUT2D eigenvalue weighted by molar-refractivity contribution is 0.457. The summed E-state index contributed by atoms with van der Waals surface area (Å²) >= 11 is 3.35. The summed E-state index contributed by atoms with van der Waals surface area (Å²) in [6.07, 6.45) is 2.44. The zero-order valence-electron chi connectivity index (χ0n) is 11.5. The molecule has 0 aliphatic carbocycles. The minimum Gasteiger partial charge on any atom is -0.330 e. The van der Waals surface area contributed by atoms with Crippen LogP contribution in [0.4, 0.5) is 4.39 Å². The standard InChI is InChI=1S/C15H17BrFN3/c1-15(2,6-7-18)14-19-8-5-13(20-14)11-9-10(16)3-4-12(11)17/h3-5,8-9H,6-7,18H2,1-2H3. The van der Waals surface area contributed by atoms with Crippen LogP contribution in [-0.2, 0) is 5.41 Å². The zero-order chi connectivity index (χ0) is 14.8. The van der Waals surface area contributed by atoms with Crippen LogP contribution in [0.1, 0.15) is 26.1 Å². The highest BCUT2D eigenvalue weighted by Gasteiger charge is 2.23. The Morgan fingerprint density at radius 2 is 2.05 bits per heavy atom. The summed E-state index contributed by atoms with van der Waals surface area (Å²) in [6.45, 7) is 4.64. The molecule has 1 aromatic carbocycles. The summed E-state index contributed by atoms with van der Waals surface area (Å²) in [5.41, 5.74) is 6.44. The van der Waals surface area contributed by atoms with Crippen LogP contribution in [0, 0.1) is 5.82 Å². The Kier molecular flexibility index (Phi) is 4.50. The Hall–Kier alpha value is -1.33. The van der Waals surface area contributed by atoms with Crippen molar-refractivity contribution in [2.75, 3.05) is 6.54 Å². The van der Waals surface area contributed by atoms with E-state index in [0.717, 1.165) is 10.9 Å². The predicted molar refractivity (Wildman–Crippen MR) is 81.8 cm³/mol. The number of rotatable bonds is 4. The molecule has 0 radical (unpaired) electrons. The minimum absolute atomic E-state index is 0.229. The van der Waals surface area contributed by atoms with E-state index >= 15 is 0 Å². The predicted octanol–water partition coefficient (Wildman–Crippen LogP) is 3.67. The second-order valence-corrected chi connectivity index (χ2v) is 6.23. The molecule has 1 heterocycles. The largest absolute Gasteiger partial charge is 0.330 e. The molecule has 0 atom stereocenters.